The van der Waals surface area contributed by atoms with Gasteiger partial charge in [0.05, 0.1) is 11.9 Å². The van der Waals surface area contributed by atoms with Gasteiger partial charge in [-0.15, -0.1) is 23.1 Å². The van der Waals surface area contributed by atoms with E-state index in [1.165, 1.54) is 10.4 Å². The third kappa shape index (κ3) is 2.51. The molecule has 2 atom stereocenters. The highest BCUT2D eigenvalue weighted by Crippen LogP contribution is 2.45. The lowest BCUT2D eigenvalue weighted by Crippen LogP contribution is -2.33. The third-order valence-electron chi connectivity index (χ3n) is 2.91. The minimum atomic E-state index is 0.0540. The van der Waals surface area contributed by atoms with E-state index >= 15 is 0 Å². The number of ether oxygens (including phenoxy) is 1. The Kier molecular flexibility index (Phi) is 4.12. The molecule has 17 heavy (non-hydrogen) atoms. The van der Waals surface area contributed by atoms with Crippen molar-refractivity contribution in [1.29, 1.82) is 0 Å². The molecule has 0 N–H and O–H groups in total. The molecule has 0 aliphatic carbocycles. The molecule has 0 spiro atoms. The van der Waals surface area contributed by atoms with Crippen LogP contribution in [0.15, 0.2) is 11.4 Å². The van der Waals surface area contributed by atoms with E-state index in [0.717, 1.165) is 0 Å². The van der Waals surface area contributed by atoms with E-state index in [0.29, 0.717) is 13.2 Å². The molecule has 0 saturated carbocycles. The van der Waals surface area contributed by atoms with Crippen LogP contribution in [0.2, 0.25) is 0 Å². The Bertz CT molecular complexity index is 405. The second-order valence-corrected chi connectivity index (χ2v) is 6.50. The lowest BCUT2D eigenvalue weighted by Gasteiger charge is -2.23. The van der Waals surface area contributed by atoms with Crippen LogP contribution in [-0.4, -0.2) is 36.3 Å². The lowest BCUT2D eigenvalue weighted by atomic mass is 10.2. The maximum atomic E-state index is 12.1. The van der Waals surface area contributed by atoms with E-state index in [1.807, 2.05) is 11.8 Å². The summed E-state index contributed by atoms with van der Waals surface area (Å²) in [5.41, 5.74) is 1.27. The summed E-state index contributed by atoms with van der Waals surface area (Å²) < 4.78 is 5.08. The Morgan fingerprint density at radius 1 is 1.53 bits per heavy atom. The molecule has 0 unspecified atom stereocenters. The van der Waals surface area contributed by atoms with E-state index in [4.69, 9.17) is 4.74 Å². The number of rotatable bonds is 4. The van der Waals surface area contributed by atoms with Crippen molar-refractivity contribution in [1.82, 2.24) is 4.90 Å². The van der Waals surface area contributed by atoms with Gasteiger partial charge in [0.15, 0.2) is 0 Å². The maximum Gasteiger partial charge on any atom is 0.236 e. The van der Waals surface area contributed by atoms with E-state index in [-0.39, 0.29) is 16.5 Å². The van der Waals surface area contributed by atoms with E-state index in [2.05, 4.69) is 18.4 Å². The predicted octanol–water partition coefficient (Wildman–Crippen LogP) is 2.67. The zero-order valence-corrected chi connectivity index (χ0v) is 11.9. The van der Waals surface area contributed by atoms with Crippen LogP contribution in [0, 0.1) is 6.92 Å². The summed E-state index contributed by atoms with van der Waals surface area (Å²) in [6.07, 6.45) is 0. The molecule has 1 saturated heterocycles. The van der Waals surface area contributed by atoms with Gasteiger partial charge in [0.1, 0.15) is 5.37 Å². The normalized spacial score (nSPS) is 24.6. The van der Waals surface area contributed by atoms with Gasteiger partial charge in [-0.3, -0.25) is 4.79 Å². The molecule has 1 aromatic rings. The van der Waals surface area contributed by atoms with Gasteiger partial charge in [0.2, 0.25) is 5.91 Å². The molecule has 1 aliphatic rings. The topological polar surface area (TPSA) is 29.5 Å². The Hall–Kier alpha value is -0.520. The van der Waals surface area contributed by atoms with Crippen LogP contribution in [0.5, 0.6) is 0 Å². The Labute approximate surface area is 110 Å². The van der Waals surface area contributed by atoms with E-state index in [9.17, 15) is 4.79 Å². The molecular formula is C12H17NO2S2. The fourth-order valence-corrected chi connectivity index (χ4v) is 4.49. The number of amides is 1. The summed E-state index contributed by atoms with van der Waals surface area (Å²) in [6.45, 7) is 5.36. The maximum absolute atomic E-state index is 12.1. The Morgan fingerprint density at radius 2 is 2.29 bits per heavy atom. The monoisotopic (exact) mass is 271 g/mol. The number of carbonyl (C=O) groups excluding carboxylic acids is 1. The van der Waals surface area contributed by atoms with Crippen LogP contribution in [-0.2, 0) is 9.53 Å². The van der Waals surface area contributed by atoms with Crippen LogP contribution >= 0.6 is 23.1 Å². The van der Waals surface area contributed by atoms with E-state index < -0.39 is 0 Å². The molecule has 3 nitrogen and oxygen atoms in total. The molecule has 0 bridgehead atoms. The van der Waals surface area contributed by atoms with Crippen molar-refractivity contribution in [2.45, 2.75) is 24.5 Å². The van der Waals surface area contributed by atoms with Crippen LogP contribution in [0.1, 0.15) is 22.7 Å². The summed E-state index contributed by atoms with van der Waals surface area (Å²) in [4.78, 5) is 15.3. The number of nitrogens with zero attached hydrogens (tertiary/aromatic N) is 1. The van der Waals surface area contributed by atoms with Crippen molar-refractivity contribution in [3.63, 3.8) is 0 Å². The van der Waals surface area contributed by atoms with Crippen molar-refractivity contribution in [3.05, 3.63) is 21.9 Å². The lowest BCUT2D eigenvalue weighted by molar-refractivity contribution is -0.130. The summed E-state index contributed by atoms with van der Waals surface area (Å²) in [5.74, 6) is 0.227. The van der Waals surface area contributed by atoms with Gasteiger partial charge >= 0.3 is 0 Å². The number of methoxy groups -OCH3 is 1. The average molecular weight is 271 g/mol. The molecule has 1 aromatic heterocycles. The summed E-state index contributed by atoms with van der Waals surface area (Å²) in [6, 6.07) is 2.11. The van der Waals surface area contributed by atoms with Gasteiger partial charge in [0.25, 0.3) is 0 Å². The van der Waals surface area contributed by atoms with E-state index in [1.54, 1.807) is 30.2 Å². The van der Waals surface area contributed by atoms with Gasteiger partial charge < -0.3 is 9.64 Å². The molecular weight excluding hydrogens is 254 g/mol. The van der Waals surface area contributed by atoms with Crippen molar-refractivity contribution in [2.75, 3.05) is 20.3 Å². The average Bonchev–Trinajstić information content (AvgIpc) is 2.83. The molecule has 2 rings (SSSR count). The van der Waals surface area contributed by atoms with Crippen molar-refractivity contribution in [2.24, 2.45) is 0 Å². The third-order valence-corrected chi connectivity index (χ3v) is 5.49. The second kappa shape index (κ2) is 5.42. The van der Waals surface area contributed by atoms with Crippen molar-refractivity contribution in [3.8, 4) is 0 Å². The van der Waals surface area contributed by atoms with Gasteiger partial charge in [-0.1, -0.05) is 0 Å². The van der Waals surface area contributed by atoms with Gasteiger partial charge in [-0.2, -0.15) is 0 Å². The van der Waals surface area contributed by atoms with Gasteiger partial charge in [0, 0.05) is 18.5 Å². The van der Waals surface area contributed by atoms with Gasteiger partial charge in [-0.25, -0.2) is 0 Å². The van der Waals surface area contributed by atoms with Crippen LogP contribution in [0.25, 0.3) is 0 Å². The number of aryl methyl sites for hydroxylation is 1. The molecule has 1 amide bonds. The summed E-state index contributed by atoms with van der Waals surface area (Å²) in [7, 11) is 1.67. The zero-order chi connectivity index (χ0) is 12.4. The first-order valence-electron chi connectivity index (χ1n) is 5.64. The number of thiophene rings is 1. The molecule has 0 radical (unpaired) electrons. The van der Waals surface area contributed by atoms with Crippen LogP contribution < -0.4 is 0 Å². The highest BCUT2D eigenvalue weighted by molar-refractivity contribution is 8.01. The first-order chi connectivity index (χ1) is 8.15. The first kappa shape index (κ1) is 12.9. The molecule has 2 heterocycles. The number of hydrogen-bond acceptors (Lipinski definition) is 4. The number of hydrogen-bond donors (Lipinski definition) is 0. The standard InChI is InChI=1S/C12H17NO2S2/c1-8-4-7-16-10(8)12-13(5-6-15-3)11(14)9(2)17-12/h4,7,9,12H,5-6H2,1-3H3/t9-,12+/m1/s1. The highest BCUT2D eigenvalue weighted by atomic mass is 32.2. The molecule has 1 fully saturated rings. The number of thioether (sulfide) groups is 1. The smallest absolute Gasteiger partial charge is 0.236 e. The van der Waals surface area contributed by atoms with Crippen LogP contribution in [0.3, 0.4) is 0 Å². The first-order valence-corrected chi connectivity index (χ1v) is 7.46. The highest BCUT2D eigenvalue weighted by Gasteiger charge is 2.39. The molecule has 5 heteroatoms. The van der Waals surface area contributed by atoms with Crippen LogP contribution in [0.4, 0.5) is 0 Å². The van der Waals surface area contributed by atoms with Gasteiger partial charge in [-0.05, 0) is 30.9 Å². The summed E-state index contributed by atoms with van der Waals surface area (Å²) >= 11 is 3.47. The fraction of sp³-hybridized carbons (Fsp3) is 0.583. The van der Waals surface area contributed by atoms with Crippen molar-refractivity contribution >= 4 is 29.0 Å². The Morgan fingerprint density at radius 3 is 2.88 bits per heavy atom. The predicted molar refractivity (Wildman–Crippen MR) is 72.4 cm³/mol. The molecule has 0 aromatic carbocycles. The fourth-order valence-electron chi connectivity index (χ4n) is 1.93. The largest absolute Gasteiger partial charge is 0.383 e. The molecule has 1 aliphatic heterocycles. The summed E-state index contributed by atoms with van der Waals surface area (Å²) in [5, 5.41) is 2.32. The number of carbonyl (C=O) groups is 1. The quantitative estimate of drug-likeness (QED) is 0.843. The SMILES string of the molecule is COCCN1C(=O)[C@@H](C)S[C@H]1c1sccc1C. The minimum Gasteiger partial charge on any atom is -0.383 e. The molecule has 94 valence electrons. The second-order valence-electron chi connectivity index (χ2n) is 4.12. The Balaban J connectivity index is 2.20. The zero-order valence-electron chi connectivity index (χ0n) is 10.3. The van der Waals surface area contributed by atoms with Crippen molar-refractivity contribution < 1.29 is 9.53 Å². The minimum absolute atomic E-state index is 0.0540.